The lowest BCUT2D eigenvalue weighted by atomic mass is 9.81. The molecule has 2 rings (SSSR count). The third-order valence-electron chi connectivity index (χ3n) is 2.91. The molecule has 0 aromatic heterocycles. The molecule has 0 saturated carbocycles. The fraction of sp³-hybridized carbons (Fsp3) is 0.417. The number of rotatable bonds is 1. The lowest BCUT2D eigenvalue weighted by Gasteiger charge is -2.27. The van der Waals surface area contributed by atoms with E-state index in [0.717, 1.165) is 17.7 Å². The molecule has 3 nitrogen and oxygen atoms in total. The molecule has 0 bridgehead atoms. The number of ether oxygens (including phenoxy) is 1. The Morgan fingerprint density at radius 2 is 2.27 bits per heavy atom. The highest BCUT2D eigenvalue weighted by atomic mass is 16.5. The molecular weight excluding hydrogens is 190 g/mol. The quantitative estimate of drug-likeness (QED) is 0.702. The molecule has 3 heteroatoms. The second-order valence-corrected chi connectivity index (χ2v) is 3.95. The minimum atomic E-state index is -1.18. The van der Waals surface area contributed by atoms with Crippen molar-refractivity contribution >= 4 is 0 Å². The Bertz CT molecular complexity index is 422. The summed E-state index contributed by atoms with van der Waals surface area (Å²) in [5, 5.41) is 18.7. The monoisotopic (exact) mass is 203 g/mol. The van der Waals surface area contributed by atoms with Crippen molar-refractivity contribution in [2.45, 2.75) is 24.9 Å². The Labute approximate surface area is 88.9 Å². The second-order valence-electron chi connectivity index (χ2n) is 3.95. The molecule has 1 aromatic carbocycles. The molecule has 0 spiro atoms. The van der Waals surface area contributed by atoms with E-state index in [1.54, 1.807) is 7.11 Å². The Balaban J connectivity index is 2.33. The summed E-state index contributed by atoms with van der Waals surface area (Å²) in [6.45, 7) is 0. The predicted molar refractivity (Wildman–Crippen MR) is 55.6 cm³/mol. The van der Waals surface area contributed by atoms with Crippen LogP contribution in [0.4, 0.5) is 0 Å². The van der Waals surface area contributed by atoms with Gasteiger partial charge in [-0.1, -0.05) is 6.07 Å². The van der Waals surface area contributed by atoms with Crippen LogP contribution in [0.5, 0.6) is 5.75 Å². The number of nitrogens with zero attached hydrogens (tertiary/aromatic N) is 1. The molecule has 1 atom stereocenters. The smallest absolute Gasteiger partial charge is 0.155 e. The van der Waals surface area contributed by atoms with Crippen molar-refractivity contribution in [3.8, 4) is 11.8 Å². The van der Waals surface area contributed by atoms with E-state index in [-0.39, 0.29) is 0 Å². The van der Waals surface area contributed by atoms with Crippen LogP contribution in [0.3, 0.4) is 0 Å². The molecule has 1 unspecified atom stereocenters. The van der Waals surface area contributed by atoms with Gasteiger partial charge < -0.3 is 9.84 Å². The zero-order valence-corrected chi connectivity index (χ0v) is 8.66. The minimum absolute atomic E-state index is 0.419. The maximum absolute atomic E-state index is 9.86. The summed E-state index contributed by atoms with van der Waals surface area (Å²) in [6, 6.07) is 7.74. The van der Waals surface area contributed by atoms with E-state index < -0.39 is 5.60 Å². The summed E-state index contributed by atoms with van der Waals surface area (Å²) < 4.78 is 5.13. The van der Waals surface area contributed by atoms with Gasteiger partial charge in [0.05, 0.1) is 13.2 Å². The van der Waals surface area contributed by atoms with Gasteiger partial charge in [-0.25, -0.2) is 0 Å². The van der Waals surface area contributed by atoms with Gasteiger partial charge in [0.15, 0.2) is 5.60 Å². The van der Waals surface area contributed by atoms with Crippen LogP contribution in [0.25, 0.3) is 0 Å². The highest BCUT2D eigenvalue weighted by Gasteiger charge is 2.31. The number of hydrogen-bond donors (Lipinski definition) is 1. The molecule has 1 aliphatic rings. The molecule has 1 N–H and O–H groups in total. The highest BCUT2D eigenvalue weighted by Crippen LogP contribution is 2.30. The fourth-order valence-electron chi connectivity index (χ4n) is 1.97. The summed E-state index contributed by atoms with van der Waals surface area (Å²) in [4.78, 5) is 0. The Morgan fingerprint density at radius 3 is 2.93 bits per heavy atom. The zero-order chi connectivity index (χ0) is 10.9. The molecule has 0 heterocycles. The van der Waals surface area contributed by atoms with Crippen molar-refractivity contribution in [2.24, 2.45) is 0 Å². The van der Waals surface area contributed by atoms with Gasteiger partial charge >= 0.3 is 0 Å². The number of nitriles is 1. The number of fused-ring (bicyclic) bond motifs is 1. The van der Waals surface area contributed by atoms with Crippen molar-refractivity contribution in [2.75, 3.05) is 7.11 Å². The van der Waals surface area contributed by atoms with Crippen LogP contribution < -0.4 is 4.74 Å². The predicted octanol–water partition coefficient (Wildman–Crippen LogP) is 1.44. The normalized spacial score (nSPS) is 24.1. The van der Waals surface area contributed by atoms with Gasteiger partial charge in [-0.2, -0.15) is 5.26 Å². The molecular formula is C12H13NO2. The molecule has 0 radical (unpaired) electrons. The van der Waals surface area contributed by atoms with Crippen LogP contribution in [0.15, 0.2) is 18.2 Å². The highest BCUT2D eigenvalue weighted by molar-refractivity contribution is 5.39. The maximum atomic E-state index is 9.86. The first-order valence-electron chi connectivity index (χ1n) is 4.96. The summed E-state index contributed by atoms with van der Waals surface area (Å²) in [5.74, 6) is 0.830. The van der Waals surface area contributed by atoms with Gasteiger partial charge in [0.25, 0.3) is 0 Å². The summed E-state index contributed by atoms with van der Waals surface area (Å²) in [6.07, 6.45) is 1.66. The molecule has 0 amide bonds. The topological polar surface area (TPSA) is 53.2 Å². The lowest BCUT2D eigenvalue weighted by Crippen LogP contribution is -2.33. The van der Waals surface area contributed by atoms with Crippen molar-refractivity contribution in [1.29, 1.82) is 5.26 Å². The van der Waals surface area contributed by atoms with Crippen LogP contribution in [-0.2, 0) is 12.8 Å². The molecule has 78 valence electrons. The Hall–Kier alpha value is -1.53. The van der Waals surface area contributed by atoms with Gasteiger partial charge in [-0.3, -0.25) is 0 Å². The number of hydrogen-bond acceptors (Lipinski definition) is 3. The molecule has 0 saturated heterocycles. The third kappa shape index (κ3) is 1.81. The molecule has 0 aliphatic heterocycles. The largest absolute Gasteiger partial charge is 0.497 e. The van der Waals surface area contributed by atoms with E-state index in [2.05, 4.69) is 0 Å². The van der Waals surface area contributed by atoms with E-state index in [1.165, 1.54) is 5.56 Å². The fourth-order valence-corrected chi connectivity index (χ4v) is 1.97. The minimum Gasteiger partial charge on any atom is -0.497 e. The average Bonchev–Trinajstić information content (AvgIpc) is 2.28. The maximum Gasteiger partial charge on any atom is 0.155 e. The van der Waals surface area contributed by atoms with Crippen molar-refractivity contribution in [3.63, 3.8) is 0 Å². The average molecular weight is 203 g/mol. The van der Waals surface area contributed by atoms with Crippen LogP contribution in [-0.4, -0.2) is 17.8 Å². The van der Waals surface area contributed by atoms with E-state index in [1.807, 2.05) is 24.3 Å². The summed E-state index contributed by atoms with van der Waals surface area (Å²) >= 11 is 0. The van der Waals surface area contributed by atoms with Crippen LogP contribution in [0.1, 0.15) is 17.5 Å². The first-order valence-corrected chi connectivity index (χ1v) is 4.96. The van der Waals surface area contributed by atoms with E-state index in [0.29, 0.717) is 12.8 Å². The number of methoxy groups -OCH3 is 1. The standard InChI is InChI=1S/C12H13NO2/c1-15-11-3-2-10-7-12(14,8-13)5-4-9(10)6-11/h2-3,6,14H,4-5,7H2,1H3. The molecule has 1 aliphatic carbocycles. The molecule has 0 fully saturated rings. The number of benzene rings is 1. The number of aliphatic hydroxyl groups is 1. The summed E-state index contributed by atoms with van der Waals surface area (Å²) in [5.41, 5.74) is 1.04. The lowest BCUT2D eigenvalue weighted by molar-refractivity contribution is 0.0839. The van der Waals surface area contributed by atoms with Gasteiger partial charge in [-0.15, -0.1) is 0 Å². The van der Waals surface area contributed by atoms with Crippen molar-refractivity contribution < 1.29 is 9.84 Å². The van der Waals surface area contributed by atoms with Gasteiger partial charge in [-0.05, 0) is 36.1 Å². The molecule has 15 heavy (non-hydrogen) atoms. The Kier molecular flexibility index (Phi) is 2.37. The van der Waals surface area contributed by atoms with Crippen LogP contribution in [0.2, 0.25) is 0 Å². The number of aryl methyl sites for hydroxylation is 1. The van der Waals surface area contributed by atoms with Gasteiger partial charge in [0, 0.05) is 6.42 Å². The second kappa shape index (κ2) is 3.56. The molecule has 1 aromatic rings. The van der Waals surface area contributed by atoms with E-state index in [4.69, 9.17) is 10.00 Å². The SMILES string of the molecule is COc1ccc2c(c1)CCC(O)(C#N)C2. The zero-order valence-electron chi connectivity index (χ0n) is 8.66. The van der Waals surface area contributed by atoms with Gasteiger partial charge in [0.2, 0.25) is 0 Å². The summed E-state index contributed by atoms with van der Waals surface area (Å²) in [7, 11) is 1.64. The first kappa shape index (κ1) is 10.0. The van der Waals surface area contributed by atoms with Gasteiger partial charge in [0.1, 0.15) is 5.75 Å². The van der Waals surface area contributed by atoms with Crippen molar-refractivity contribution in [3.05, 3.63) is 29.3 Å². The Morgan fingerprint density at radius 1 is 1.47 bits per heavy atom. The van der Waals surface area contributed by atoms with Crippen LogP contribution >= 0.6 is 0 Å². The first-order chi connectivity index (χ1) is 7.17. The van der Waals surface area contributed by atoms with Crippen molar-refractivity contribution in [1.82, 2.24) is 0 Å². The van der Waals surface area contributed by atoms with E-state index in [9.17, 15) is 5.11 Å². The van der Waals surface area contributed by atoms with E-state index >= 15 is 0 Å². The van der Waals surface area contributed by atoms with Crippen LogP contribution in [0, 0.1) is 11.3 Å². The third-order valence-corrected chi connectivity index (χ3v) is 2.91.